The fourth-order valence-corrected chi connectivity index (χ4v) is 3.91. The molecule has 0 radical (unpaired) electrons. The van der Waals surface area contributed by atoms with Crippen LogP contribution < -0.4 is 10.6 Å². The zero-order valence-corrected chi connectivity index (χ0v) is 15.4. The van der Waals surface area contributed by atoms with Gasteiger partial charge in [0.05, 0.1) is 5.69 Å². The Hall–Kier alpha value is -2.21. The summed E-state index contributed by atoms with van der Waals surface area (Å²) in [5.41, 5.74) is 2.18. The Bertz CT molecular complexity index is 779. The standard InChI is InChI=1S/C19H23N3O2S/c1-3-14-11-20-19(25-14)22-18(24)21-16-9-8-12(2)10-15(16)17(23)13-6-4-5-7-13/h8-11,13H,3-7H2,1-2H3,(H2,20,21,22,24). The smallest absolute Gasteiger partial charge is 0.307 e. The van der Waals surface area contributed by atoms with Gasteiger partial charge in [-0.1, -0.05) is 31.4 Å². The highest BCUT2D eigenvalue weighted by Gasteiger charge is 2.26. The van der Waals surface area contributed by atoms with Crippen LogP contribution in [0, 0.1) is 12.8 Å². The minimum absolute atomic E-state index is 0.0801. The van der Waals surface area contributed by atoms with E-state index in [1.165, 1.54) is 11.3 Å². The lowest BCUT2D eigenvalue weighted by Crippen LogP contribution is -2.22. The van der Waals surface area contributed by atoms with Gasteiger partial charge in [-0.05, 0) is 38.3 Å². The summed E-state index contributed by atoms with van der Waals surface area (Å²) in [5.74, 6) is 0.218. The molecular weight excluding hydrogens is 334 g/mol. The molecule has 0 atom stereocenters. The van der Waals surface area contributed by atoms with Crippen LogP contribution >= 0.6 is 11.3 Å². The van der Waals surface area contributed by atoms with Crippen molar-refractivity contribution in [1.82, 2.24) is 4.98 Å². The first-order chi connectivity index (χ1) is 12.1. The van der Waals surface area contributed by atoms with Gasteiger partial charge >= 0.3 is 6.03 Å². The van der Waals surface area contributed by atoms with Crippen LogP contribution in [-0.2, 0) is 6.42 Å². The van der Waals surface area contributed by atoms with Crippen LogP contribution in [0.1, 0.15) is 53.4 Å². The minimum atomic E-state index is -0.374. The van der Waals surface area contributed by atoms with Crippen LogP contribution in [0.25, 0.3) is 0 Å². The number of amides is 2. The van der Waals surface area contributed by atoms with Gasteiger partial charge < -0.3 is 5.32 Å². The first-order valence-corrected chi connectivity index (χ1v) is 9.56. The van der Waals surface area contributed by atoms with Gasteiger partial charge in [-0.2, -0.15) is 0 Å². The highest BCUT2D eigenvalue weighted by Crippen LogP contribution is 2.31. The number of ketones is 1. The zero-order valence-electron chi connectivity index (χ0n) is 14.6. The van der Waals surface area contributed by atoms with E-state index < -0.39 is 0 Å². The van der Waals surface area contributed by atoms with E-state index in [1.54, 1.807) is 12.3 Å². The van der Waals surface area contributed by atoms with Crippen LogP contribution in [0.3, 0.4) is 0 Å². The van der Waals surface area contributed by atoms with Crippen molar-refractivity contribution in [3.8, 4) is 0 Å². The third kappa shape index (κ3) is 4.25. The van der Waals surface area contributed by atoms with Crippen molar-refractivity contribution in [1.29, 1.82) is 0 Å². The topological polar surface area (TPSA) is 71.1 Å². The number of hydrogen-bond donors (Lipinski definition) is 2. The van der Waals surface area contributed by atoms with E-state index in [1.807, 2.05) is 26.0 Å². The van der Waals surface area contributed by atoms with E-state index in [9.17, 15) is 9.59 Å². The largest absolute Gasteiger partial charge is 0.325 e. The molecule has 0 spiro atoms. The Morgan fingerprint density at radius 1 is 1.24 bits per heavy atom. The number of anilines is 2. The van der Waals surface area contributed by atoms with Gasteiger partial charge in [0.1, 0.15) is 0 Å². The number of hydrogen-bond acceptors (Lipinski definition) is 4. The van der Waals surface area contributed by atoms with Crippen molar-refractivity contribution in [2.45, 2.75) is 46.0 Å². The molecule has 0 aliphatic heterocycles. The summed E-state index contributed by atoms with van der Waals surface area (Å²) in [6.45, 7) is 4.00. The summed E-state index contributed by atoms with van der Waals surface area (Å²) in [4.78, 5) is 30.4. The van der Waals surface area contributed by atoms with E-state index in [-0.39, 0.29) is 17.7 Å². The highest BCUT2D eigenvalue weighted by atomic mass is 32.1. The monoisotopic (exact) mass is 357 g/mol. The normalized spacial score (nSPS) is 14.5. The molecule has 1 heterocycles. The van der Waals surface area contributed by atoms with Gasteiger partial charge in [0.2, 0.25) is 0 Å². The Balaban J connectivity index is 1.74. The third-order valence-electron chi connectivity index (χ3n) is 4.54. The van der Waals surface area contributed by atoms with Crippen molar-refractivity contribution >= 4 is 34.0 Å². The molecule has 0 bridgehead atoms. The van der Waals surface area contributed by atoms with Crippen molar-refractivity contribution in [2.24, 2.45) is 5.92 Å². The molecule has 2 aromatic rings. The second-order valence-electron chi connectivity index (χ2n) is 6.46. The maximum Gasteiger partial charge on any atom is 0.325 e. The summed E-state index contributed by atoms with van der Waals surface area (Å²) in [7, 11) is 0. The van der Waals surface area contributed by atoms with Gasteiger partial charge in [0.15, 0.2) is 10.9 Å². The van der Waals surface area contributed by atoms with Crippen molar-refractivity contribution < 1.29 is 9.59 Å². The number of aryl methyl sites for hydroxylation is 2. The second-order valence-corrected chi connectivity index (χ2v) is 7.57. The molecule has 3 rings (SSSR count). The molecule has 5 nitrogen and oxygen atoms in total. The average molecular weight is 357 g/mol. The van der Waals surface area contributed by atoms with Crippen LogP contribution in [-0.4, -0.2) is 16.8 Å². The molecule has 1 fully saturated rings. The van der Waals surface area contributed by atoms with E-state index in [0.717, 1.165) is 42.5 Å². The van der Waals surface area contributed by atoms with Crippen LogP contribution in [0.4, 0.5) is 15.6 Å². The SMILES string of the molecule is CCc1cnc(NC(=O)Nc2ccc(C)cc2C(=O)C2CCCC2)s1. The van der Waals surface area contributed by atoms with E-state index in [4.69, 9.17) is 0 Å². The van der Waals surface area contributed by atoms with Gasteiger partial charge in [0, 0.05) is 22.6 Å². The van der Waals surface area contributed by atoms with Crippen molar-refractivity contribution in [3.63, 3.8) is 0 Å². The number of nitrogens with zero attached hydrogens (tertiary/aromatic N) is 1. The first-order valence-electron chi connectivity index (χ1n) is 8.74. The van der Waals surface area contributed by atoms with Gasteiger partial charge in [-0.3, -0.25) is 10.1 Å². The number of rotatable bonds is 5. The summed E-state index contributed by atoms with van der Waals surface area (Å²) < 4.78 is 0. The predicted molar refractivity (Wildman–Crippen MR) is 102 cm³/mol. The third-order valence-corrected chi connectivity index (χ3v) is 5.59. The molecule has 6 heteroatoms. The molecule has 1 aromatic heterocycles. The second kappa shape index (κ2) is 7.78. The van der Waals surface area contributed by atoms with Crippen molar-refractivity contribution in [2.75, 3.05) is 10.6 Å². The Kier molecular flexibility index (Phi) is 5.48. The molecule has 25 heavy (non-hydrogen) atoms. The summed E-state index contributed by atoms with van der Waals surface area (Å²) in [5, 5.41) is 6.12. The average Bonchev–Trinajstić information content (AvgIpc) is 3.27. The highest BCUT2D eigenvalue weighted by molar-refractivity contribution is 7.15. The van der Waals surface area contributed by atoms with E-state index in [2.05, 4.69) is 15.6 Å². The summed E-state index contributed by atoms with van der Waals surface area (Å²) in [6, 6.07) is 5.20. The Morgan fingerprint density at radius 2 is 2.00 bits per heavy atom. The number of Topliss-reactive ketones (excluding diaryl/α,β-unsaturated/α-hetero) is 1. The quantitative estimate of drug-likeness (QED) is 0.737. The number of thiazole rings is 1. The number of aromatic nitrogens is 1. The molecule has 2 N–H and O–H groups in total. The molecule has 1 saturated carbocycles. The van der Waals surface area contributed by atoms with Gasteiger partial charge in [0.25, 0.3) is 0 Å². The Labute approximate surface area is 151 Å². The number of carbonyl (C=O) groups is 2. The van der Waals surface area contributed by atoms with Gasteiger partial charge in [-0.15, -0.1) is 11.3 Å². The lowest BCUT2D eigenvalue weighted by molar-refractivity contribution is 0.0923. The first kappa shape index (κ1) is 17.6. The Morgan fingerprint density at radius 3 is 2.68 bits per heavy atom. The maximum atomic E-state index is 12.8. The fourth-order valence-electron chi connectivity index (χ4n) is 3.16. The van der Waals surface area contributed by atoms with E-state index >= 15 is 0 Å². The number of nitrogens with one attached hydrogen (secondary N) is 2. The number of carbonyl (C=O) groups excluding carboxylic acids is 2. The molecule has 132 valence electrons. The lowest BCUT2D eigenvalue weighted by Gasteiger charge is -2.14. The van der Waals surface area contributed by atoms with Crippen molar-refractivity contribution in [3.05, 3.63) is 40.4 Å². The minimum Gasteiger partial charge on any atom is -0.307 e. The molecular formula is C19H23N3O2S. The zero-order chi connectivity index (χ0) is 17.8. The van der Waals surface area contributed by atoms with Crippen LogP contribution in [0.2, 0.25) is 0 Å². The van der Waals surface area contributed by atoms with E-state index in [0.29, 0.717) is 16.4 Å². The molecule has 0 saturated heterocycles. The molecule has 1 aliphatic carbocycles. The molecule has 2 amide bonds. The number of benzene rings is 1. The van der Waals surface area contributed by atoms with Gasteiger partial charge in [-0.25, -0.2) is 9.78 Å². The van der Waals surface area contributed by atoms with Crippen LogP contribution in [0.5, 0.6) is 0 Å². The molecule has 1 aromatic carbocycles. The lowest BCUT2D eigenvalue weighted by atomic mass is 9.94. The summed E-state index contributed by atoms with van der Waals surface area (Å²) in [6.07, 6.45) is 6.75. The predicted octanol–water partition coefficient (Wildman–Crippen LogP) is 5.03. The fraction of sp³-hybridized carbons (Fsp3) is 0.421. The summed E-state index contributed by atoms with van der Waals surface area (Å²) >= 11 is 1.46. The maximum absolute atomic E-state index is 12.8. The molecule has 0 unspecified atom stereocenters. The van der Waals surface area contributed by atoms with Crippen LogP contribution in [0.15, 0.2) is 24.4 Å². The molecule has 1 aliphatic rings. The number of urea groups is 1.